The SMILES string of the molecule is COc1ccc(-c2csc(NC(=O)c3ccc4c(c3)CC(C)N4S(C)(=O)=O)n2)cc1. The maximum atomic E-state index is 12.7. The monoisotopic (exact) mass is 443 g/mol. The standard InChI is InChI=1S/C21H21N3O4S2/c1-13-10-16-11-15(6-9-19(16)24(13)30(3,26)27)20(25)23-21-22-18(12-29-21)14-4-7-17(28-2)8-5-14/h4-9,11-13H,10H2,1-3H3,(H,22,23,25). The first kappa shape index (κ1) is 20.4. The molecule has 1 aliphatic heterocycles. The van der Waals surface area contributed by atoms with Crippen LogP contribution in [0.25, 0.3) is 11.3 Å². The molecule has 0 bridgehead atoms. The third kappa shape index (κ3) is 3.90. The first-order chi connectivity index (χ1) is 14.3. The number of rotatable bonds is 5. The third-order valence-corrected chi connectivity index (χ3v) is 6.99. The van der Waals surface area contributed by atoms with Crippen LogP contribution < -0.4 is 14.4 Å². The largest absolute Gasteiger partial charge is 0.497 e. The summed E-state index contributed by atoms with van der Waals surface area (Å²) < 4.78 is 30.7. The van der Waals surface area contributed by atoms with Gasteiger partial charge in [-0.2, -0.15) is 0 Å². The summed E-state index contributed by atoms with van der Waals surface area (Å²) in [6.45, 7) is 1.86. The lowest BCUT2D eigenvalue weighted by Gasteiger charge is -2.21. The summed E-state index contributed by atoms with van der Waals surface area (Å²) in [6, 6.07) is 12.5. The second-order valence-electron chi connectivity index (χ2n) is 7.18. The Bertz CT molecular complexity index is 1200. The molecule has 1 N–H and O–H groups in total. The molecule has 1 aromatic heterocycles. The fraction of sp³-hybridized carbons (Fsp3) is 0.238. The van der Waals surface area contributed by atoms with Gasteiger partial charge in [-0.05, 0) is 61.4 Å². The highest BCUT2D eigenvalue weighted by atomic mass is 32.2. The zero-order valence-corrected chi connectivity index (χ0v) is 18.4. The highest BCUT2D eigenvalue weighted by Gasteiger charge is 2.32. The lowest BCUT2D eigenvalue weighted by molar-refractivity contribution is 0.102. The van der Waals surface area contributed by atoms with Crippen LogP contribution >= 0.6 is 11.3 Å². The van der Waals surface area contributed by atoms with Crippen molar-refractivity contribution in [2.45, 2.75) is 19.4 Å². The van der Waals surface area contributed by atoms with Crippen molar-refractivity contribution in [3.8, 4) is 17.0 Å². The first-order valence-corrected chi connectivity index (χ1v) is 12.0. The van der Waals surface area contributed by atoms with Gasteiger partial charge in [0, 0.05) is 22.5 Å². The van der Waals surface area contributed by atoms with Gasteiger partial charge in [0.15, 0.2) is 5.13 Å². The van der Waals surface area contributed by atoms with Gasteiger partial charge in [-0.25, -0.2) is 13.4 Å². The number of aromatic nitrogens is 1. The summed E-state index contributed by atoms with van der Waals surface area (Å²) in [5.74, 6) is 0.488. The minimum atomic E-state index is -3.36. The summed E-state index contributed by atoms with van der Waals surface area (Å²) in [6.07, 6.45) is 1.77. The summed E-state index contributed by atoms with van der Waals surface area (Å²) in [4.78, 5) is 17.2. The molecule has 2 heterocycles. The van der Waals surface area contributed by atoms with Crippen molar-refractivity contribution in [3.63, 3.8) is 0 Å². The second-order valence-corrected chi connectivity index (χ2v) is 9.89. The summed E-state index contributed by atoms with van der Waals surface area (Å²) in [5, 5.41) is 5.21. The number of methoxy groups -OCH3 is 1. The van der Waals surface area contributed by atoms with E-state index in [1.807, 2.05) is 36.6 Å². The molecule has 30 heavy (non-hydrogen) atoms. The van der Waals surface area contributed by atoms with E-state index in [-0.39, 0.29) is 11.9 Å². The molecule has 2 aromatic carbocycles. The van der Waals surface area contributed by atoms with Gasteiger partial charge in [-0.1, -0.05) is 0 Å². The Labute approximate surface area is 179 Å². The molecule has 156 valence electrons. The van der Waals surface area contributed by atoms with Gasteiger partial charge < -0.3 is 4.74 Å². The van der Waals surface area contributed by atoms with E-state index in [4.69, 9.17) is 4.74 Å². The fourth-order valence-corrected chi connectivity index (χ4v) is 5.62. The summed E-state index contributed by atoms with van der Waals surface area (Å²) in [5.41, 5.74) is 3.65. The molecule has 1 amide bonds. The Morgan fingerprint density at radius 1 is 1.23 bits per heavy atom. The van der Waals surface area contributed by atoms with Gasteiger partial charge >= 0.3 is 0 Å². The highest BCUT2D eigenvalue weighted by Crippen LogP contribution is 2.35. The smallest absolute Gasteiger partial charge is 0.257 e. The van der Waals surface area contributed by atoms with Crippen LogP contribution in [0.4, 0.5) is 10.8 Å². The number of fused-ring (bicyclic) bond motifs is 1. The quantitative estimate of drug-likeness (QED) is 0.648. The number of amides is 1. The summed E-state index contributed by atoms with van der Waals surface area (Å²) >= 11 is 1.35. The van der Waals surface area contributed by atoms with Crippen LogP contribution in [0, 0.1) is 0 Å². The zero-order chi connectivity index (χ0) is 21.5. The van der Waals surface area contributed by atoms with Crippen LogP contribution in [0.5, 0.6) is 5.75 Å². The molecule has 3 aromatic rings. The Balaban J connectivity index is 1.51. The van der Waals surface area contributed by atoms with Crippen molar-refractivity contribution in [3.05, 3.63) is 59.0 Å². The number of carbonyl (C=O) groups excluding carboxylic acids is 1. The molecule has 9 heteroatoms. The predicted octanol–water partition coefficient (Wildman–Crippen LogP) is 3.78. The highest BCUT2D eigenvalue weighted by molar-refractivity contribution is 7.92. The zero-order valence-electron chi connectivity index (χ0n) is 16.7. The summed E-state index contributed by atoms with van der Waals surface area (Å²) in [7, 11) is -1.74. The Morgan fingerprint density at radius 3 is 2.63 bits per heavy atom. The number of sulfonamides is 1. The average Bonchev–Trinajstić information content (AvgIpc) is 3.30. The number of hydrogen-bond donors (Lipinski definition) is 1. The van der Waals surface area contributed by atoms with Crippen molar-refractivity contribution in [2.75, 3.05) is 23.0 Å². The van der Waals surface area contributed by atoms with Gasteiger partial charge in [0.25, 0.3) is 5.91 Å². The number of nitrogens with one attached hydrogen (secondary N) is 1. The normalized spacial score (nSPS) is 15.7. The number of thiazole rings is 1. The van der Waals surface area contributed by atoms with Crippen molar-refractivity contribution in [1.29, 1.82) is 0 Å². The fourth-order valence-electron chi connectivity index (χ4n) is 3.64. The molecular weight excluding hydrogens is 422 g/mol. The van der Waals surface area contributed by atoms with E-state index in [2.05, 4.69) is 10.3 Å². The van der Waals surface area contributed by atoms with Crippen molar-refractivity contribution >= 4 is 38.1 Å². The lowest BCUT2D eigenvalue weighted by Crippen LogP contribution is -2.34. The molecule has 0 saturated heterocycles. The van der Waals surface area contributed by atoms with Gasteiger partial charge in [0.2, 0.25) is 10.0 Å². The first-order valence-electron chi connectivity index (χ1n) is 9.30. The van der Waals surface area contributed by atoms with E-state index in [0.717, 1.165) is 22.6 Å². The van der Waals surface area contributed by atoms with Crippen LogP contribution in [0.15, 0.2) is 47.8 Å². The third-order valence-electron chi connectivity index (χ3n) is 4.96. The molecule has 0 radical (unpaired) electrons. The molecule has 1 atom stereocenters. The molecule has 0 aliphatic carbocycles. The van der Waals surface area contributed by atoms with E-state index in [1.54, 1.807) is 25.3 Å². The molecule has 7 nitrogen and oxygen atoms in total. The van der Waals surface area contributed by atoms with Crippen molar-refractivity contribution in [2.24, 2.45) is 0 Å². The average molecular weight is 444 g/mol. The Kier molecular flexibility index (Phi) is 5.25. The number of anilines is 2. The Hall–Kier alpha value is -2.91. The number of ether oxygens (including phenoxy) is 1. The minimum Gasteiger partial charge on any atom is -0.497 e. The molecule has 0 saturated carbocycles. The van der Waals surface area contributed by atoms with Crippen LogP contribution in [-0.4, -0.2) is 38.7 Å². The Morgan fingerprint density at radius 2 is 1.97 bits per heavy atom. The van der Waals surface area contributed by atoms with Gasteiger partial charge in [-0.15, -0.1) is 11.3 Å². The predicted molar refractivity (Wildman–Crippen MR) is 119 cm³/mol. The molecule has 4 rings (SSSR count). The molecular formula is C21H21N3O4S2. The van der Waals surface area contributed by atoms with Gasteiger partial charge in [-0.3, -0.25) is 14.4 Å². The van der Waals surface area contributed by atoms with Crippen LogP contribution in [0.3, 0.4) is 0 Å². The van der Waals surface area contributed by atoms with Crippen LogP contribution in [-0.2, 0) is 16.4 Å². The number of hydrogen-bond acceptors (Lipinski definition) is 6. The molecule has 1 unspecified atom stereocenters. The minimum absolute atomic E-state index is 0.167. The van der Waals surface area contributed by atoms with E-state index in [9.17, 15) is 13.2 Å². The van der Waals surface area contributed by atoms with Gasteiger partial charge in [0.05, 0.1) is 24.7 Å². The van der Waals surface area contributed by atoms with Gasteiger partial charge in [0.1, 0.15) is 5.75 Å². The number of carbonyl (C=O) groups is 1. The van der Waals surface area contributed by atoms with Crippen molar-refractivity contribution < 1.29 is 17.9 Å². The number of benzene rings is 2. The maximum Gasteiger partial charge on any atom is 0.257 e. The van der Waals surface area contributed by atoms with E-state index >= 15 is 0 Å². The van der Waals surface area contributed by atoms with E-state index in [1.165, 1.54) is 21.9 Å². The molecule has 1 aliphatic rings. The topological polar surface area (TPSA) is 88.6 Å². The van der Waals surface area contributed by atoms with Crippen LogP contribution in [0.1, 0.15) is 22.8 Å². The maximum absolute atomic E-state index is 12.7. The van der Waals surface area contributed by atoms with Crippen LogP contribution in [0.2, 0.25) is 0 Å². The van der Waals surface area contributed by atoms with E-state index < -0.39 is 10.0 Å². The number of nitrogens with zero attached hydrogens (tertiary/aromatic N) is 2. The molecule has 0 spiro atoms. The molecule has 0 fully saturated rings. The van der Waals surface area contributed by atoms with Crippen molar-refractivity contribution in [1.82, 2.24) is 4.98 Å². The van der Waals surface area contributed by atoms with E-state index in [0.29, 0.717) is 22.8 Å². The second kappa shape index (κ2) is 7.73. The lowest BCUT2D eigenvalue weighted by atomic mass is 10.1.